The summed E-state index contributed by atoms with van der Waals surface area (Å²) in [6, 6.07) is 4.90. The van der Waals surface area contributed by atoms with Crippen LogP contribution in [0.1, 0.15) is 34.1 Å². The van der Waals surface area contributed by atoms with Gasteiger partial charge in [0.25, 0.3) is 0 Å². The Labute approximate surface area is 115 Å². The Morgan fingerprint density at radius 3 is 2.75 bits per heavy atom. The van der Waals surface area contributed by atoms with E-state index in [1.807, 2.05) is 0 Å². The molecule has 0 amide bonds. The molecule has 0 spiro atoms. The molecule has 0 aromatic heterocycles. The highest BCUT2D eigenvalue weighted by molar-refractivity contribution is 6.28. The number of aliphatic hydroxyl groups is 1. The Bertz CT molecular complexity index is 644. The van der Waals surface area contributed by atoms with Gasteiger partial charge in [-0.3, -0.25) is 9.59 Å². The number of ether oxygens (including phenoxy) is 2. The van der Waals surface area contributed by atoms with Crippen LogP contribution in [-0.4, -0.2) is 36.2 Å². The molecular formula is C15H14O5. The van der Waals surface area contributed by atoms with Gasteiger partial charge in [0, 0.05) is 17.6 Å². The fourth-order valence-corrected chi connectivity index (χ4v) is 2.77. The van der Waals surface area contributed by atoms with Crippen LogP contribution in [0.15, 0.2) is 29.3 Å². The van der Waals surface area contributed by atoms with Gasteiger partial charge < -0.3 is 14.6 Å². The maximum atomic E-state index is 12.6. The van der Waals surface area contributed by atoms with Crippen molar-refractivity contribution in [1.82, 2.24) is 0 Å². The standard InChI is InChI=1S/C15H14O5/c1-7-6-9-12(15(18)20-7)14(17)11-8(13(9)16)4-3-5-10(11)19-2/h3-5,7,15,18H,6H2,1-2H3/t7-,15+/m1/s1. The molecular weight excluding hydrogens is 260 g/mol. The van der Waals surface area contributed by atoms with E-state index in [-0.39, 0.29) is 23.0 Å². The van der Waals surface area contributed by atoms with E-state index < -0.39 is 12.1 Å². The number of ketones is 2. The summed E-state index contributed by atoms with van der Waals surface area (Å²) in [7, 11) is 1.44. The van der Waals surface area contributed by atoms with Crippen molar-refractivity contribution in [3.63, 3.8) is 0 Å². The van der Waals surface area contributed by atoms with Crippen molar-refractivity contribution in [2.75, 3.05) is 7.11 Å². The number of aliphatic hydroxyl groups excluding tert-OH is 1. The molecule has 1 aliphatic heterocycles. The lowest BCUT2D eigenvalue weighted by Crippen LogP contribution is -2.37. The summed E-state index contributed by atoms with van der Waals surface area (Å²) in [6.07, 6.45) is -1.33. The second-order valence-electron chi connectivity index (χ2n) is 4.94. The average molecular weight is 274 g/mol. The summed E-state index contributed by atoms with van der Waals surface area (Å²) in [6.45, 7) is 1.76. The maximum Gasteiger partial charge on any atom is 0.198 e. The van der Waals surface area contributed by atoms with Crippen LogP contribution in [0.3, 0.4) is 0 Å². The zero-order valence-electron chi connectivity index (χ0n) is 11.2. The van der Waals surface area contributed by atoms with Crippen LogP contribution in [0.5, 0.6) is 5.75 Å². The molecule has 1 aromatic rings. The molecule has 5 heteroatoms. The summed E-state index contributed by atoms with van der Waals surface area (Å²) in [4.78, 5) is 25.1. The highest BCUT2D eigenvalue weighted by atomic mass is 16.6. The van der Waals surface area contributed by atoms with Crippen molar-refractivity contribution in [2.45, 2.75) is 25.7 Å². The fraction of sp³-hybridized carbons (Fsp3) is 0.333. The highest BCUT2D eigenvalue weighted by Gasteiger charge is 2.41. The van der Waals surface area contributed by atoms with Crippen molar-refractivity contribution in [2.24, 2.45) is 0 Å². The minimum atomic E-state index is -1.36. The molecule has 20 heavy (non-hydrogen) atoms. The number of carbonyl (C=O) groups excluding carboxylic acids is 2. The Morgan fingerprint density at radius 1 is 1.30 bits per heavy atom. The van der Waals surface area contributed by atoms with Crippen molar-refractivity contribution >= 4 is 11.6 Å². The third-order valence-electron chi connectivity index (χ3n) is 3.66. The van der Waals surface area contributed by atoms with Gasteiger partial charge in [-0.05, 0) is 13.0 Å². The molecule has 3 rings (SSSR count). The molecule has 0 radical (unpaired) electrons. The van der Waals surface area contributed by atoms with E-state index in [0.29, 0.717) is 23.3 Å². The first-order chi connectivity index (χ1) is 9.54. The van der Waals surface area contributed by atoms with Gasteiger partial charge in [-0.2, -0.15) is 0 Å². The quantitative estimate of drug-likeness (QED) is 0.840. The Balaban J connectivity index is 2.23. The van der Waals surface area contributed by atoms with E-state index >= 15 is 0 Å². The van der Waals surface area contributed by atoms with Crippen LogP contribution in [-0.2, 0) is 4.74 Å². The predicted molar refractivity (Wildman–Crippen MR) is 69.9 cm³/mol. The van der Waals surface area contributed by atoms with E-state index in [9.17, 15) is 14.7 Å². The number of carbonyl (C=O) groups is 2. The minimum absolute atomic E-state index is 0.0464. The van der Waals surface area contributed by atoms with Crippen LogP contribution in [0.2, 0.25) is 0 Å². The molecule has 1 heterocycles. The van der Waals surface area contributed by atoms with E-state index in [0.717, 1.165) is 0 Å². The molecule has 104 valence electrons. The van der Waals surface area contributed by atoms with Crippen LogP contribution in [0, 0.1) is 0 Å². The molecule has 0 saturated carbocycles. The second-order valence-corrected chi connectivity index (χ2v) is 4.94. The lowest BCUT2D eigenvalue weighted by Gasteiger charge is -2.31. The zero-order valence-corrected chi connectivity index (χ0v) is 11.2. The number of Topliss-reactive ketones (excluding diaryl/α,β-unsaturated/α-hetero) is 2. The highest BCUT2D eigenvalue weighted by Crippen LogP contribution is 2.38. The number of fused-ring (bicyclic) bond motifs is 1. The van der Waals surface area contributed by atoms with Crippen LogP contribution in [0.4, 0.5) is 0 Å². The summed E-state index contributed by atoms with van der Waals surface area (Å²) in [5, 5.41) is 9.96. The predicted octanol–water partition coefficient (Wildman–Crippen LogP) is 1.50. The van der Waals surface area contributed by atoms with E-state index in [4.69, 9.17) is 9.47 Å². The van der Waals surface area contributed by atoms with Gasteiger partial charge in [-0.25, -0.2) is 0 Å². The lowest BCUT2D eigenvalue weighted by atomic mass is 9.80. The van der Waals surface area contributed by atoms with E-state index in [2.05, 4.69) is 0 Å². The Hall–Kier alpha value is -1.98. The maximum absolute atomic E-state index is 12.6. The van der Waals surface area contributed by atoms with E-state index in [1.165, 1.54) is 7.11 Å². The van der Waals surface area contributed by atoms with Crippen LogP contribution in [0.25, 0.3) is 0 Å². The number of hydrogen-bond donors (Lipinski definition) is 1. The normalized spacial score (nSPS) is 25.4. The monoisotopic (exact) mass is 274 g/mol. The fourth-order valence-electron chi connectivity index (χ4n) is 2.77. The largest absolute Gasteiger partial charge is 0.496 e. The van der Waals surface area contributed by atoms with Crippen molar-refractivity contribution in [3.8, 4) is 5.75 Å². The smallest absolute Gasteiger partial charge is 0.198 e. The average Bonchev–Trinajstić information content (AvgIpc) is 2.43. The summed E-state index contributed by atoms with van der Waals surface area (Å²) >= 11 is 0. The van der Waals surface area contributed by atoms with Gasteiger partial charge in [0.1, 0.15) is 5.75 Å². The molecule has 2 aliphatic rings. The first-order valence-corrected chi connectivity index (χ1v) is 6.37. The lowest BCUT2D eigenvalue weighted by molar-refractivity contribution is -0.112. The van der Waals surface area contributed by atoms with Crippen LogP contribution < -0.4 is 4.74 Å². The molecule has 2 atom stereocenters. The summed E-state index contributed by atoms with van der Waals surface area (Å²) in [5.74, 6) is -0.299. The molecule has 0 fully saturated rings. The Kier molecular flexibility index (Phi) is 2.96. The first kappa shape index (κ1) is 13.0. The number of benzene rings is 1. The second kappa shape index (κ2) is 4.54. The van der Waals surface area contributed by atoms with Gasteiger partial charge in [0.15, 0.2) is 17.9 Å². The molecule has 0 bridgehead atoms. The van der Waals surface area contributed by atoms with Crippen molar-refractivity contribution in [3.05, 3.63) is 40.5 Å². The molecule has 1 aliphatic carbocycles. The van der Waals surface area contributed by atoms with Crippen molar-refractivity contribution < 1.29 is 24.2 Å². The number of hydrogen-bond acceptors (Lipinski definition) is 5. The Morgan fingerprint density at radius 2 is 2.05 bits per heavy atom. The zero-order chi connectivity index (χ0) is 14.4. The van der Waals surface area contributed by atoms with Gasteiger partial charge in [0.05, 0.1) is 24.4 Å². The molecule has 1 aromatic carbocycles. The van der Waals surface area contributed by atoms with Crippen LogP contribution >= 0.6 is 0 Å². The van der Waals surface area contributed by atoms with Crippen molar-refractivity contribution in [1.29, 1.82) is 0 Å². The van der Waals surface area contributed by atoms with Gasteiger partial charge >= 0.3 is 0 Å². The minimum Gasteiger partial charge on any atom is -0.496 e. The topological polar surface area (TPSA) is 72.8 Å². The molecule has 5 nitrogen and oxygen atoms in total. The third kappa shape index (κ3) is 1.71. The number of rotatable bonds is 1. The SMILES string of the molecule is COc1cccc2c1C(=O)C1=C(C[C@@H](C)O[C@@H]1O)C2=O. The molecule has 0 unspecified atom stereocenters. The summed E-state index contributed by atoms with van der Waals surface area (Å²) < 4.78 is 10.4. The summed E-state index contributed by atoms with van der Waals surface area (Å²) in [5.41, 5.74) is 0.928. The molecule has 0 saturated heterocycles. The van der Waals surface area contributed by atoms with Gasteiger partial charge in [0.2, 0.25) is 0 Å². The van der Waals surface area contributed by atoms with Gasteiger partial charge in [-0.15, -0.1) is 0 Å². The number of methoxy groups -OCH3 is 1. The first-order valence-electron chi connectivity index (χ1n) is 6.37. The van der Waals surface area contributed by atoms with Gasteiger partial charge in [-0.1, -0.05) is 12.1 Å². The third-order valence-corrected chi connectivity index (χ3v) is 3.66. The molecule has 1 N–H and O–H groups in total. The van der Waals surface area contributed by atoms with E-state index in [1.54, 1.807) is 25.1 Å².